The van der Waals surface area contributed by atoms with Gasteiger partial charge in [0.1, 0.15) is 4.90 Å². The third-order valence-corrected chi connectivity index (χ3v) is 5.67. The minimum Gasteiger partial charge on any atom is -0.315 e. The highest BCUT2D eigenvalue weighted by Crippen LogP contribution is 2.26. The van der Waals surface area contributed by atoms with Gasteiger partial charge in [0.05, 0.1) is 12.2 Å². The fraction of sp³-hybridized carbons (Fsp3) is 0.417. The Morgan fingerprint density at radius 3 is 2.75 bits per heavy atom. The van der Waals surface area contributed by atoms with Gasteiger partial charge in [-0.15, -0.1) is 11.3 Å². The van der Waals surface area contributed by atoms with E-state index in [0.717, 1.165) is 10.4 Å². The Morgan fingerprint density at radius 2 is 2.15 bits per heavy atom. The van der Waals surface area contributed by atoms with Gasteiger partial charge in [-0.3, -0.25) is 4.68 Å². The lowest BCUT2D eigenvalue weighted by molar-refractivity contribution is 0.577. The van der Waals surface area contributed by atoms with E-state index in [0.29, 0.717) is 17.1 Å². The molecule has 8 heteroatoms. The van der Waals surface area contributed by atoms with Crippen molar-refractivity contribution in [2.75, 3.05) is 7.05 Å². The van der Waals surface area contributed by atoms with Crippen LogP contribution in [-0.2, 0) is 30.2 Å². The van der Waals surface area contributed by atoms with Gasteiger partial charge in [0.15, 0.2) is 0 Å². The largest absolute Gasteiger partial charge is 0.315 e. The van der Waals surface area contributed by atoms with Gasteiger partial charge in [-0.2, -0.15) is 5.10 Å². The molecule has 110 valence electrons. The van der Waals surface area contributed by atoms with E-state index in [1.165, 1.54) is 11.3 Å². The second kappa shape index (κ2) is 6.04. The molecular formula is C12H18N4O2S2. The third kappa shape index (κ3) is 3.26. The van der Waals surface area contributed by atoms with Gasteiger partial charge in [-0.1, -0.05) is 0 Å². The Labute approximate surface area is 122 Å². The molecule has 2 aromatic rings. The summed E-state index contributed by atoms with van der Waals surface area (Å²) in [7, 11) is 0.0778. The molecule has 0 aliphatic carbocycles. The maximum atomic E-state index is 12.4. The Hall–Kier alpha value is -1.22. The zero-order chi connectivity index (χ0) is 14.8. The number of sulfonamides is 1. The molecule has 6 nitrogen and oxygen atoms in total. The molecule has 20 heavy (non-hydrogen) atoms. The van der Waals surface area contributed by atoms with Gasteiger partial charge in [0.25, 0.3) is 0 Å². The highest BCUT2D eigenvalue weighted by Gasteiger charge is 2.22. The molecule has 0 aliphatic rings. The van der Waals surface area contributed by atoms with Gasteiger partial charge in [-0.25, -0.2) is 13.1 Å². The molecule has 0 saturated heterocycles. The Kier molecular flexibility index (Phi) is 4.59. The van der Waals surface area contributed by atoms with Crippen molar-refractivity contribution in [3.63, 3.8) is 0 Å². The lowest BCUT2D eigenvalue weighted by Gasteiger charge is -2.08. The first-order valence-electron chi connectivity index (χ1n) is 6.14. The fourth-order valence-corrected chi connectivity index (χ4v) is 4.75. The van der Waals surface area contributed by atoms with E-state index in [1.54, 1.807) is 31.0 Å². The van der Waals surface area contributed by atoms with E-state index in [4.69, 9.17) is 0 Å². The van der Waals surface area contributed by atoms with Crippen LogP contribution in [0.1, 0.15) is 16.1 Å². The first-order valence-corrected chi connectivity index (χ1v) is 8.50. The molecule has 0 aliphatic heterocycles. The van der Waals surface area contributed by atoms with E-state index < -0.39 is 10.0 Å². The van der Waals surface area contributed by atoms with Crippen LogP contribution < -0.4 is 10.0 Å². The molecule has 0 bridgehead atoms. The summed E-state index contributed by atoms with van der Waals surface area (Å²) in [6.45, 7) is 2.54. The molecule has 2 N–H and O–H groups in total. The van der Waals surface area contributed by atoms with Gasteiger partial charge in [-0.05, 0) is 31.0 Å². The average Bonchev–Trinajstić information content (AvgIpc) is 2.95. The zero-order valence-corrected chi connectivity index (χ0v) is 13.3. The molecular weight excluding hydrogens is 296 g/mol. The van der Waals surface area contributed by atoms with Crippen molar-refractivity contribution >= 4 is 21.4 Å². The highest BCUT2D eigenvalue weighted by atomic mass is 32.2. The van der Waals surface area contributed by atoms with Gasteiger partial charge < -0.3 is 5.32 Å². The summed E-state index contributed by atoms with van der Waals surface area (Å²) in [6, 6.07) is 1.79. The summed E-state index contributed by atoms with van der Waals surface area (Å²) in [4.78, 5) is 1.20. The van der Waals surface area contributed by atoms with Crippen LogP contribution in [0, 0.1) is 6.92 Å². The van der Waals surface area contributed by atoms with E-state index >= 15 is 0 Å². The molecule has 0 unspecified atom stereocenters. The Bertz CT molecular complexity index is 688. The normalized spacial score (nSPS) is 11.9. The SMILES string of the molecule is CNCc1scc(C)c1S(=O)(=O)NCc1ccn(C)n1. The third-order valence-electron chi connectivity index (χ3n) is 2.81. The standard InChI is InChI=1S/C12H18N4O2S2/c1-9-8-19-11(7-13-2)12(9)20(17,18)14-6-10-4-5-16(3)15-10/h4-5,8,13-14H,6-7H2,1-3H3. The Morgan fingerprint density at radius 1 is 1.40 bits per heavy atom. The molecule has 0 atom stereocenters. The number of aromatic nitrogens is 2. The van der Waals surface area contributed by atoms with E-state index in [2.05, 4.69) is 15.1 Å². The molecule has 0 radical (unpaired) electrons. The minimum absolute atomic E-state index is 0.192. The van der Waals surface area contributed by atoms with Crippen molar-refractivity contribution in [1.29, 1.82) is 0 Å². The van der Waals surface area contributed by atoms with Crippen LogP contribution in [0.3, 0.4) is 0 Å². The van der Waals surface area contributed by atoms with Crippen molar-refractivity contribution in [2.24, 2.45) is 7.05 Å². The quantitative estimate of drug-likeness (QED) is 0.833. The molecule has 0 fully saturated rings. The highest BCUT2D eigenvalue weighted by molar-refractivity contribution is 7.89. The lowest BCUT2D eigenvalue weighted by atomic mass is 10.3. The summed E-state index contributed by atoms with van der Waals surface area (Å²) in [5, 5.41) is 9.01. The number of rotatable bonds is 6. The number of nitrogens with zero attached hydrogens (tertiary/aromatic N) is 2. The summed E-state index contributed by atoms with van der Waals surface area (Å²) < 4.78 is 29.1. The second-order valence-electron chi connectivity index (χ2n) is 4.51. The lowest BCUT2D eigenvalue weighted by Crippen LogP contribution is -2.25. The number of nitrogens with one attached hydrogen (secondary N) is 2. The molecule has 0 saturated carbocycles. The minimum atomic E-state index is -3.52. The molecule has 0 spiro atoms. The molecule has 0 amide bonds. The van der Waals surface area contributed by atoms with Crippen LogP contribution in [-0.4, -0.2) is 25.2 Å². The van der Waals surface area contributed by atoms with E-state index in [9.17, 15) is 8.42 Å². The zero-order valence-electron chi connectivity index (χ0n) is 11.7. The average molecular weight is 314 g/mol. The summed E-state index contributed by atoms with van der Waals surface area (Å²) in [5.41, 5.74) is 1.47. The van der Waals surface area contributed by atoms with Crippen molar-refractivity contribution < 1.29 is 8.42 Å². The predicted octanol–water partition coefficient (Wildman–Crippen LogP) is 0.988. The maximum absolute atomic E-state index is 12.4. The van der Waals surface area contributed by atoms with E-state index in [1.807, 2.05) is 12.3 Å². The first-order chi connectivity index (χ1) is 9.44. The van der Waals surface area contributed by atoms with Crippen molar-refractivity contribution in [2.45, 2.75) is 24.9 Å². The van der Waals surface area contributed by atoms with Gasteiger partial charge >= 0.3 is 0 Å². The van der Waals surface area contributed by atoms with Crippen molar-refractivity contribution in [3.05, 3.63) is 33.8 Å². The van der Waals surface area contributed by atoms with Gasteiger partial charge in [0.2, 0.25) is 10.0 Å². The number of hydrogen-bond donors (Lipinski definition) is 2. The molecule has 2 aromatic heterocycles. The second-order valence-corrected chi connectivity index (χ2v) is 7.17. The fourth-order valence-electron chi connectivity index (χ4n) is 1.93. The molecule has 0 aromatic carbocycles. The predicted molar refractivity (Wildman–Crippen MR) is 79.1 cm³/mol. The van der Waals surface area contributed by atoms with Crippen LogP contribution in [0.15, 0.2) is 22.5 Å². The number of thiophene rings is 1. The van der Waals surface area contributed by atoms with Gasteiger partial charge in [0, 0.05) is 24.7 Å². The van der Waals surface area contributed by atoms with Crippen LogP contribution in [0.5, 0.6) is 0 Å². The first kappa shape index (κ1) is 15.2. The van der Waals surface area contributed by atoms with Crippen molar-refractivity contribution in [1.82, 2.24) is 19.8 Å². The van der Waals surface area contributed by atoms with Crippen LogP contribution in [0.2, 0.25) is 0 Å². The molecule has 2 rings (SSSR count). The molecule has 2 heterocycles. The van der Waals surface area contributed by atoms with Crippen molar-refractivity contribution in [3.8, 4) is 0 Å². The van der Waals surface area contributed by atoms with E-state index in [-0.39, 0.29) is 6.54 Å². The maximum Gasteiger partial charge on any atom is 0.242 e. The smallest absolute Gasteiger partial charge is 0.242 e. The summed E-state index contributed by atoms with van der Waals surface area (Å²) in [5.74, 6) is 0. The Balaban J connectivity index is 2.20. The topological polar surface area (TPSA) is 76.0 Å². The number of hydrogen-bond acceptors (Lipinski definition) is 5. The summed E-state index contributed by atoms with van der Waals surface area (Å²) in [6.07, 6.45) is 1.78. The van der Waals surface area contributed by atoms with Crippen LogP contribution in [0.25, 0.3) is 0 Å². The number of aryl methyl sites for hydroxylation is 2. The van der Waals surface area contributed by atoms with Crippen LogP contribution >= 0.6 is 11.3 Å². The monoisotopic (exact) mass is 314 g/mol. The summed E-state index contributed by atoms with van der Waals surface area (Å²) >= 11 is 1.45. The van der Waals surface area contributed by atoms with Crippen LogP contribution in [0.4, 0.5) is 0 Å².